The van der Waals surface area contributed by atoms with Crippen molar-refractivity contribution in [1.82, 2.24) is 15.5 Å². The van der Waals surface area contributed by atoms with Crippen molar-refractivity contribution in [3.8, 4) is 0 Å². The molecule has 25 heavy (non-hydrogen) atoms. The molecule has 0 spiro atoms. The molecule has 146 valence electrons. The number of nitrogens with zero attached hydrogens (tertiary/aromatic N) is 2. The highest BCUT2D eigenvalue weighted by molar-refractivity contribution is 14.0. The lowest BCUT2D eigenvalue weighted by atomic mass is 9.55. The average Bonchev–Trinajstić information content (AvgIpc) is 3.12. The van der Waals surface area contributed by atoms with Gasteiger partial charge in [0.2, 0.25) is 0 Å². The minimum Gasteiger partial charge on any atom is -0.377 e. The van der Waals surface area contributed by atoms with Crippen molar-refractivity contribution in [2.45, 2.75) is 70.6 Å². The summed E-state index contributed by atoms with van der Waals surface area (Å²) < 4.78 is 6.00. The molecule has 0 aromatic carbocycles. The van der Waals surface area contributed by atoms with E-state index in [4.69, 9.17) is 4.74 Å². The quantitative estimate of drug-likeness (QED) is 0.373. The highest BCUT2D eigenvalue weighted by atomic mass is 127. The first-order chi connectivity index (χ1) is 11.5. The van der Waals surface area contributed by atoms with Crippen LogP contribution in [0.15, 0.2) is 4.99 Å². The van der Waals surface area contributed by atoms with E-state index in [2.05, 4.69) is 41.4 Å². The molecule has 3 aliphatic rings. The fourth-order valence-corrected chi connectivity index (χ4v) is 5.04. The van der Waals surface area contributed by atoms with Crippen LogP contribution < -0.4 is 10.6 Å². The Balaban J connectivity index is 0.00000225. The molecular weight excluding hydrogens is 427 g/mol. The zero-order valence-corrected chi connectivity index (χ0v) is 18.7. The van der Waals surface area contributed by atoms with E-state index >= 15 is 0 Å². The molecule has 0 aromatic rings. The number of fused-ring (bicyclic) bond motifs is 1. The molecule has 1 saturated heterocycles. The third-order valence-electron chi connectivity index (χ3n) is 6.55. The van der Waals surface area contributed by atoms with Gasteiger partial charge in [-0.1, -0.05) is 26.7 Å². The van der Waals surface area contributed by atoms with E-state index in [0.29, 0.717) is 18.1 Å². The van der Waals surface area contributed by atoms with Crippen LogP contribution >= 0.6 is 24.0 Å². The highest BCUT2D eigenvalue weighted by Gasteiger charge is 2.58. The number of nitrogens with one attached hydrogen (secondary N) is 2. The van der Waals surface area contributed by atoms with Crippen LogP contribution in [-0.4, -0.2) is 62.8 Å². The van der Waals surface area contributed by atoms with E-state index in [1.165, 1.54) is 38.5 Å². The number of aliphatic imine (C=N–C) groups is 1. The standard InChI is InChI=1S/C19H36N4O.HI/c1-19(2)16(15-10-7-13-24-17(15)19)22-18(20-3)21-11-12-23(4)14-8-5-6-9-14;/h14-17H,5-13H2,1-4H3,(H2,20,21,22);1H. The molecule has 0 aromatic heterocycles. The number of halogens is 1. The predicted molar refractivity (Wildman–Crippen MR) is 115 cm³/mol. The van der Waals surface area contributed by atoms with Gasteiger partial charge in [-0.3, -0.25) is 4.99 Å². The van der Waals surface area contributed by atoms with Gasteiger partial charge in [-0.25, -0.2) is 0 Å². The van der Waals surface area contributed by atoms with E-state index < -0.39 is 0 Å². The van der Waals surface area contributed by atoms with Crippen molar-refractivity contribution in [3.05, 3.63) is 0 Å². The monoisotopic (exact) mass is 464 g/mol. The summed E-state index contributed by atoms with van der Waals surface area (Å²) >= 11 is 0. The molecule has 2 aliphatic carbocycles. The molecule has 2 N–H and O–H groups in total. The molecule has 6 heteroatoms. The van der Waals surface area contributed by atoms with Gasteiger partial charge in [0.25, 0.3) is 0 Å². The summed E-state index contributed by atoms with van der Waals surface area (Å²) in [4.78, 5) is 6.95. The Morgan fingerprint density at radius 3 is 2.60 bits per heavy atom. The molecule has 0 bridgehead atoms. The molecule has 0 radical (unpaired) electrons. The van der Waals surface area contributed by atoms with Gasteiger partial charge < -0.3 is 20.3 Å². The second kappa shape index (κ2) is 9.22. The van der Waals surface area contributed by atoms with E-state index in [1.807, 2.05) is 7.05 Å². The van der Waals surface area contributed by atoms with Crippen LogP contribution in [0.1, 0.15) is 52.4 Å². The van der Waals surface area contributed by atoms with E-state index in [9.17, 15) is 0 Å². The van der Waals surface area contributed by atoms with Crippen molar-refractivity contribution in [3.63, 3.8) is 0 Å². The lowest BCUT2D eigenvalue weighted by Crippen LogP contribution is -2.71. The van der Waals surface area contributed by atoms with Crippen LogP contribution in [0.4, 0.5) is 0 Å². The van der Waals surface area contributed by atoms with Gasteiger partial charge in [-0.15, -0.1) is 24.0 Å². The van der Waals surface area contributed by atoms with E-state index in [-0.39, 0.29) is 29.4 Å². The summed E-state index contributed by atoms with van der Waals surface area (Å²) in [6.07, 6.45) is 8.39. The Labute approximate surface area is 170 Å². The summed E-state index contributed by atoms with van der Waals surface area (Å²) in [5.41, 5.74) is 0.184. The molecule has 1 aliphatic heterocycles. The van der Waals surface area contributed by atoms with Crippen molar-refractivity contribution < 1.29 is 4.74 Å². The maximum atomic E-state index is 6.00. The lowest BCUT2D eigenvalue weighted by molar-refractivity contribution is -0.188. The maximum absolute atomic E-state index is 6.00. The Bertz CT molecular complexity index is 451. The number of guanidine groups is 1. The van der Waals surface area contributed by atoms with Gasteiger partial charge in [-0.2, -0.15) is 0 Å². The first-order valence-electron chi connectivity index (χ1n) is 9.83. The van der Waals surface area contributed by atoms with Crippen molar-refractivity contribution >= 4 is 29.9 Å². The minimum atomic E-state index is 0. The number of ether oxygens (including phenoxy) is 1. The first-order valence-corrected chi connectivity index (χ1v) is 9.83. The average molecular weight is 464 g/mol. The lowest BCUT2D eigenvalue weighted by Gasteiger charge is -2.60. The topological polar surface area (TPSA) is 48.9 Å². The summed E-state index contributed by atoms with van der Waals surface area (Å²) in [7, 11) is 4.13. The molecule has 3 atom stereocenters. The Morgan fingerprint density at radius 2 is 1.92 bits per heavy atom. The van der Waals surface area contributed by atoms with Gasteiger partial charge in [-0.05, 0) is 32.7 Å². The zero-order chi connectivity index (χ0) is 17.2. The van der Waals surface area contributed by atoms with Crippen LogP contribution in [0, 0.1) is 11.3 Å². The Morgan fingerprint density at radius 1 is 1.20 bits per heavy atom. The third-order valence-corrected chi connectivity index (χ3v) is 6.55. The molecule has 1 heterocycles. The normalized spacial score (nSPS) is 31.9. The first kappa shape index (κ1) is 21.2. The molecule has 3 rings (SSSR count). The zero-order valence-electron chi connectivity index (χ0n) is 16.4. The summed E-state index contributed by atoms with van der Waals surface area (Å²) in [6.45, 7) is 7.59. The fraction of sp³-hybridized carbons (Fsp3) is 0.947. The van der Waals surface area contributed by atoms with Crippen molar-refractivity contribution in [2.24, 2.45) is 16.3 Å². The minimum absolute atomic E-state index is 0. The van der Waals surface area contributed by atoms with Gasteiger partial charge in [0.15, 0.2) is 5.96 Å². The van der Waals surface area contributed by atoms with E-state index in [1.54, 1.807) is 0 Å². The number of hydrogen-bond donors (Lipinski definition) is 2. The molecular formula is C19H37IN4O. The van der Waals surface area contributed by atoms with Gasteiger partial charge in [0.1, 0.15) is 0 Å². The summed E-state index contributed by atoms with van der Waals surface area (Å²) in [5, 5.41) is 7.19. The van der Waals surface area contributed by atoms with Crippen LogP contribution in [-0.2, 0) is 4.74 Å². The van der Waals surface area contributed by atoms with Gasteiger partial charge in [0.05, 0.1) is 6.10 Å². The summed E-state index contributed by atoms with van der Waals surface area (Å²) in [5.74, 6) is 1.57. The van der Waals surface area contributed by atoms with Gasteiger partial charge >= 0.3 is 0 Å². The molecule has 3 unspecified atom stereocenters. The summed E-state index contributed by atoms with van der Waals surface area (Å²) in [6, 6.07) is 1.24. The van der Waals surface area contributed by atoms with Crippen LogP contribution in [0.3, 0.4) is 0 Å². The maximum Gasteiger partial charge on any atom is 0.191 e. The third kappa shape index (κ3) is 4.61. The van der Waals surface area contributed by atoms with E-state index in [0.717, 1.165) is 31.7 Å². The predicted octanol–water partition coefficient (Wildman–Crippen LogP) is 2.85. The highest BCUT2D eigenvalue weighted by Crippen LogP contribution is 2.51. The second-order valence-electron chi connectivity index (χ2n) is 8.46. The van der Waals surface area contributed by atoms with Crippen molar-refractivity contribution in [2.75, 3.05) is 33.8 Å². The van der Waals surface area contributed by atoms with Crippen LogP contribution in [0.5, 0.6) is 0 Å². The molecule has 2 saturated carbocycles. The Hall–Kier alpha value is -0.0800. The van der Waals surface area contributed by atoms with Crippen LogP contribution in [0.2, 0.25) is 0 Å². The second-order valence-corrected chi connectivity index (χ2v) is 8.46. The number of likely N-dealkylation sites (N-methyl/N-ethyl adjacent to an activating group) is 1. The molecule has 0 amide bonds. The molecule has 3 fully saturated rings. The van der Waals surface area contributed by atoms with Gasteiger partial charge in [0, 0.05) is 50.2 Å². The fourth-order valence-electron chi connectivity index (χ4n) is 5.04. The smallest absolute Gasteiger partial charge is 0.191 e. The number of rotatable bonds is 5. The van der Waals surface area contributed by atoms with Crippen LogP contribution in [0.25, 0.3) is 0 Å². The largest absolute Gasteiger partial charge is 0.377 e. The van der Waals surface area contributed by atoms with Crippen molar-refractivity contribution in [1.29, 1.82) is 0 Å². The number of hydrogen-bond acceptors (Lipinski definition) is 3. The molecule has 5 nitrogen and oxygen atoms in total. The SMILES string of the molecule is CN=C(NCCN(C)C1CCCC1)NC1C2CCCOC2C1(C)C.I. The Kier molecular flexibility index (Phi) is 7.83.